The summed E-state index contributed by atoms with van der Waals surface area (Å²) in [5, 5.41) is 6.49. The Morgan fingerprint density at radius 2 is 1.81 bits per heavy atom. The smallest absolute Gasteiger partial charge is 0.223 e. The Kier molecular flexibility index (Phi) is 11.8. The van der Waals surface area contributed by atoms with E-state index in [1.54, 1.807) is 26.0 Å². The molecule has 0 spiro atoms. The first-order valence-corrected chi connectivity index (χ1v) is 7.78. The SMILES string of the molecule is CN=C(NCCCC1CCCC1)NCCC(=O)N(C)C.I. The number of nitrogens with zero attached hydrogens (tertiary/aromatic N) is 2. The lowest BCUT2D eigenvalue weighted by molar-refractivity contribution is -0.128. The maximum absolute atomic E-state index is 11.4. The van der Waals surface area contributed by atoms with Crippen LogP contribution in [0.25, 0.3) is 0 Å². The maximum atomic E-state index is 11.4. The molecular formula is C15H31IN4O. The molecule has 0 aromatic heterocycles. The van der Waals surface area contributed by atoms with Crippen molar-refractivity contribution in [3.8, 4) is 0 Å². The Morgan fingerprint density at radius 1 is 1.19 bits per heavy atom. The molecule has 0 bridgehead atoms. The van der Waals surface area contributed by atoms with E-state index in [0.717, 1.165) is 18.4 Å². The minimum absolute atomic E-state index is 0. The number of carbonyl (C=O) groups excluding carboxylic acids is 1. The quantitative estimate of drug-likeness (QED) is 0.293. The lowest BCUT2D eigenvalue weighted by Crippen LogP contribution is -2.39. The highest BCUT2D eigenvalue weighted by Gasteiger charge is 2.14. The summed E-state index contributed by atoms with van der Waals surface area (Å²) in [4.78, 5) is 17.2. The molecule has 0 heterocycles. The minimum Gasteiger partial charge on any atom is -0.356 e. The summed E-state index contributed by atoms with van der Waals surface area (Å²) in [5.74, 6) is 1.88. The van der Waals surface area contributed by atoms with Gasteiger partial charge in [-0.1, -0.05) is 25.7 Å². The van der Waals surface area contributed by atoms with Crippen molar-refractivity contribution in [2.45, 2.75) is 44.9 Å². The summed E-state index contributed by atoms with van der Waals surface area (Å²) in [6.45, 7) is 1.58. The largest absolute Gasteiger partial charge is 0.356 e. The first-order valence-electron chi connectivity index (χ1n) is 7.78. The first kappa shape index (κ1) is 20.5. The van der Waals surface area contributed by atoms with Crippen molar-refractivity contribution in [3.63, 3.8) is 0 Å². The molecule has 0 unspecified atom stereocenters. The highest BCUT2D eigenvalue weighted by molar-refractivity contribution is 14.0. The molecule has 1 aliphatic rings. The lowest BCUT2D eigenvalue weighted by Gasteiger charge is -2.14. The van der Waals surface area contributed by atoms with Gasteiger partial charge in [-0.3, -0.25) is 9.79 Å². The van der Waals surface area contributed by atoms with Crippen LogP contribution in [0.1, 0.15) is 44.9 Å². The molecule has 5 nitrogen and oxygen atoms in total. The van der Waals surface area contributed by atoms with Gasteiger partial charge < -0.3 is 15.5 Å². The monoisotopic (exact) mass is 410 g/mol. The van der Waals surface area contributed by atoms with Gasteiger partial charge in [-0.25, -0.2) is 0 Å². The molecule has 6 heteroatoms. The molecule has 0 aromatic rings. The number of aliphatic imine (C=N–C) groups is 1. The van der Waals surface area contributed by atoms with E-state index < -0.39 is 0 Å². The summed E-state index contributed by atoms with van der Waals surface area (Å²) in [5.41, 5.74) is 0. The highest BCUT2D eigenvalue weighted by atomic mass is 127. The molecular weight excluding hydrogens is 379 g/mol. The van der Waals surface area contributed by atoms with Crippen LogP contribution in [-0.4, -0.2) is 51.0 Å². The van der Waals surface area contributed by atoms with E-state index in [9.17, 15) is 4.79 Å². The van der Waals surface area contributed by atoms with Crippen LogP contribution in [0, 0.1) is 5.92 Å². The molecule has 2 N–H and O–H groups in total. The van der Waals surface area contributed by atoms with Gasteiger partial charge in [0, 0.05) is 40.7 Å². The number of hydrogen-bond donors (Lipinski definition) is 2. The number of nitrogens with one attached hydrogen (secondary N) is 2. The fourth-order valence-corrected chi connectivity index (χ4v) is 2.63. The van der Waals surface area contributed by atoms with Crippen molar-refractivity contribution in [2.75, 3.05) is 34.2 Å². The Labute approximate surface area is 146 Å². The molecule has 1 fully saturated rings. The van der Waals surface area contributed by atoms with Gasteiger partial charge in [-0.05, 0) is 18.8 Å². The van der Waals surface area contributed by atoms with Crippen molar-refractivity contribution < 1.29 is 4.79 Å². The number of guanidine groups is 1. The molecule has 1 aliphatic carbocycles. The number of halogens is 1. The van der Waals surface area contributed by atoms with E-state index in [2.05, 4.69) is 15.6 Å². The van der Waals surface area contributed by atoms with Crippen molar-refractivity contribution in [1.29, 1.82) is 0 Å². The first-order chi connectivity index (χ1) is 9.63. The van der Waals surface area contributed by atoms with Gasteiger partial charge in [-0.2, -0.15) is 0 Å². The normalized spacial score (nSPS) is 15.5. The van der Waals surface area contributed by atoms with Crippen LogP contribution in [0.4, 0.5) is 0 Å². The van der Waals surface area contributed by atoms with E-state index in [4.69, 9.17) is 0 Å². The van der Waals surface area contributed by atoms with Crippen LogP contribution < -0.4 is 10.6 Å². The number of amides is 1. The molecule has 21 heavy (non-hydrogen) atoms. The molecule has 1 amide bonds. The third-order valence-corrected chi connectivity index (χ3v) is 3.91. The van der Waals surface area contributed by atoms with Crippen LogP contribution in [0.15, 0.2) is 4.99 Å². The molecule has 1 rings (SSSR count). The average Bonchev–Trinajstić information content (AvgIpc) is 2.94. The summed E-state index contributed by atoms with van der Waals surface area (Å²) in [7, 11) is 5.32. The molecule has 0 aliphatic heterocycles. The molecule has 0 atom stereocenters. The molecule has 0 radical (unpaired) electrons. The van der Waals surface area contributed by atoms with Gasteiger partial charge in [0.05, 0.1) is 0 Å². The second-order valence-electron chi connectivity index (χ2n) is 5.76. The zero-order valence-electron chi connectivity index (χ0n) is 13.7. The zero-order valence-corrected chi connectivity index (χ0v) is 16.0. The molecule has 1 saturated carbocycles. The number of hydrogen-bond acceptors (Lipinski definition) is 2. The van der Waals surface area contributed by atoms with Crippen LogP contribution in [0.5, 0.6) is 0 Å². The van der Waals surface area contributed by atoms with E-state index >= 15 is 0 Å². The molecule has 0 aromatic carbocycles. The number of carbonyl (C=O) groups is 1. The fraction of sp³-hybridized carbons (Fsp3) is 0.867. The standard InChI is InChI=1S/C15H30N4O.HI/c1-16-15(18-12-10-14(20)19(2)3)17-11-6-9-13-7-4-5-8-13;/h13H,4-12H2,1-3H3,(H2,16,17,18);1H. The third kappa shape index (κ3) is 9.16. The van der Waals surface area contributed by atoms with Gasteiger partial charge >= 0.3 is 0 Å². The van der Waals surface area contributed by atoms with Crippen LogP contribution in [0.2, 0.25) is 0 Å². The van der Waals surface area contributed by atoms with Gasteiger partial charge in [0.25, 0.3) is 0 Å². The predicted octanol–water partition coefficient (Wildman–Crippen LogP) is 2.22. The maximum Gasteiger partial charge on any atom is 0.223 e. The Hall–Kier alpha value is -0.530. The van der Waals surface area contributed by atoms with Gasteiger partial charge in [0.1, 0.15) is 0 Å². The Morgan fingerprint density at radius 3 is 2.38 bits per heavy atom. The predicted molar refractivity (Wildman–Crippen MR) is 99.3 cm³/mol. The highest BCUT2D eigenvalue weighted by Crippen LogP contribution is 2.28. The third-order valence-electron chi connectivity index (χ3n) is 3.91. The Bertz CT molecular complexity index is 315. The summed E-state index contributed by atoms with van der Waals surface area (Å²) >= 11 is 0. The van der Waals surface area contributed by atoms with Crippen LogP contribution in [-0.2, 0) is 4.79 Å². The fourth-order valence-electron chi connectivity index (χ4n) is 2.63. The van der Waals surface area contributed by atoms with E-state index in [0.29, 0.717) is 13.0 Å². The zero-order chi connectivity index (χ0) is 14.8. The average molecular weight is 410 g/mol. The van der Waals surface area contributed by atoms with E-state index in [-0.39, 0.29) is 29.9 Å². The lowest BCUT2D eigenvalue weighted by atomic mass is 10.0. The van der Waals surface area contributed by atoms with E-state index in [1.165, 1.54) is 38.5 Å². The minimum atomic E-state index is 0. The van der Waals surface area contributed by atoms with Crippen molar-refractivity contribution in [2.24, 2.45) is 10.9 Å². The van der Waals surface area contributed by atoms with Gasteiger partial charge in [0.15, 0.2) is 5.96 Å². The Balaban J connectivity index is 0.00000400. The van der Waals surface area contributed by atoms with Gasteiger partial charge in [-0.15, -0.1) is 24.0 Å². The summed E-state index contributed by atoms with van der Waals surface area (Å²) in [6.07, 6.45) is 8.68. The van der Waals surface area contributed by atoms with Gasteiger partial charge in [0.2, 0.25) is 5.91 Å². The summed E-state index contributed by atoms with van der Waals surface area (Å²) in [6, 6.07) is 0. The second-order valence-corrected chi connectivity index (χ2v) is 5.76. The molecule has 0 saturated heterocycles. The molecule has 124 valence electrons. The summed E-state index contributed by atoms with van der Waals surface area (Å²) < 4.78 is 0. The number of rotatable bonds is 7. The van der Waals surface area contributed by atoms with E-state index in [1.807, 2.05) is 0 Å². The van der Waals surface area contributed by atoms with Crippen molar-refractivity contribution in [3.05, 3.63) is 0 Å². The van der Waals surface area contributed by atoms with Crippen LogP contribution >= 0.6 is 24.0 Å². The van der Waals surface area contributed by atoms with Crippen molar-refractivity contribution >= 4 is 35.8 Å². The second kappa shape index (κ2) is 12.1. The van der Waals surface area contributed by atoms with Crippen molar-refractivity contribution in [1.82, 2.24) is 15.5 Å². The van der Waals surface area contributed by atoms with Crippen LogP contribution in [0.3, 0.4) is 0 Å². The topological polar surface area (TPSA) is 56.7 Å².